The molecule has 2 aliphatic heterocycles. The Morgan fingerprint density at radius 1 is 1.56 bits per heavy atom. The Morgan fingerprint density at radius 3 is 2.88 bits per heavy atom. The molecule has 2 saturated heterocycles. The summed E-state index contributed by atoms with van der Waals surface area (Å²) in [5.41, 5.74) is 0. The van der Waals surface area contributed by atoms with Gasteiger partial charge >= 0.3 is 0 Å². The van der Waals surface area contributed by atoms with Gasteiger partial charge < -0.3 is 15.4 Å². The SMILES string of the molecule is C#CCNC(=NC)NC1CC2CCC1O2.I. The largest absolute Gasteiger partial charge is 0.373 e. The van der Waals surface area contributed by atoms with E-state index < -0.39 is 0 Å². The van der Waals surface area contributed by atoms with Gasteiger partial charge in [0.05, 0.1) is 24.8 Å². The summed E-state index contributed by atoms with van der Waals surface area (Å²) in [5.74, 6) is 3.30. The molecule has 0 spiro atoms. The van der Waals surface area contributed by atoms with Gasteiger partial charge in [-0.15, -0.1) is 30.4 Å². The van der Waals surface area contributed by atoms with Gasteiger partial charge in [-0.2, -0.15) is 0 Å². The van der Waals surface area contributed by atoms with Gasteiger partial charge in [0, 0.05) is 7.05 Å². The van der Waals surface area contributed by atoms with Crippen molar-refractivity contribution >= 4 is 29.9 Å². The average Bonchev–Trinajstić information content (AvgIpc) is 2.85. The van der Waals surface area contributed by atoms with Crippen LogP contribution in [0.25, 0.3) is 0 Å². The highest BCUT2D eigenvalue weighted by Gasteiger charge is 2.40. The fourth-order valence-corrected chi connectivity index (χ4v) is 2.29. The van der Waals surface area contributed by atoms with Crippen LogP contribution >= 0.6 is 24.0 Å². The van der Waals surface area contributed by atoms with E-state index in [0.717, 1.165) is 18.8 Å². The summed E-state index contributed by atoms with van der Waals surface area (Å²) in [6.45, 7) is 0.501. The molecule has 2 bridgehead atoms. The number of aliphatic imine (C=N–C) groups is 1. The Labute approximate surface area is 114 Å². The van der Waals surface area contributed by atoms with Gasteiger partial charge in [-0.25, -0.2) is 0 Å². The second-order valence-corrected chi connectivity index (χ2v) is 3.99. The van der Waals surface area contributed by atoms with Crippen molar-refractivity contribution in [2.24, 2.45) is 4.99 Å². The van der Waals surface area contributed by atoms with Crippen molar-refractivity contribution in [3.05, 3.63) is 0 Å². The lowest BCUT2D eigenvalue weighted by molar-refractivity contribution is 0.0992. The molecule has 4 nitrogen and oxygen atoms in total. The van der Waals surface area contributed by atoms with Crippen LogP contribution in [0.1, 0.15) is 19.3 Å². The van der Waals surface area contributed by atoms with E-state index in [1.807, 2.05) is 0 Å². The van der Waals surface area contributed by atoms with Crippen molar-refractivity contribution in [3.63, 3.8) is 0 Å². The fraction of sp³-hybridized carbons (Fsp3) is 0.727. The highest BCUT2D eigenvalue weighted by atomic mass is 127. The van der Waals surface area contributed by atoms with E-state index in [1.54, 1.807) is 7.05 Å². The highest BCUT2D eigenvalue weighted by Crippen LogP contribution is 2.34. The summed E-state index contributed by atoms with van der Waals surface area (Å²) in [4.78, 5) is 4.12. The number of ether oxygens (including phenoxy) is 1. The van der Waals surface area contributed by atoms with E-state index in [1.165, 1.54) is 6.42 Å². The van der Waals surface area contributed by atoms with E-state index in [0.29, 0.717) is 24.8 Å². The number of nitrogens with one attached hydrogen (secondary N) is 2. The van der Waals surface area contributed by atoms with Crippen molar-refractivity contribution in [2.75, 3.05) is 13.6 Å². The number of halogens is 1. The first-order valence-corrected chi connectivity index (χ1v) is 5.39. The summed E-state index contributed by atoms with van der Waals surface area (Å²) < 4.78 is 5.75. The topological polar surface area (TPSA) is 45.7 Å². The van der Waals surface area contributed by atoms with Crippen LogP contribution in [0.5, 0.6) is 0 Å². The molecule has 0 amide bonds. The van der Waals surface area contributed by atoms with Gasteiger partial charge in [-0.05, 0) is 19.3 Å². The molecule has 16 heavy (non-hydrogen) atoms. The average molecular weight is 335 g/mol. The molecule has 2 fully saturated rings. The van der Waals surface area contributed by atoms with Crippen LogP contribution in [0.15, 0.2) is 4.99 Å². The first kappa shape index (κ1) is 13.6. The number of hydrogen-bond donors (Lipinski definition) is 2. The molecule has 0 aromatic carbocycles. The van der Waals surface area contributed by atoms with E-state index in [4.69, 9.17) is 11.2 Å². The van der Waals surface area contributed by atoms with Crippen molar-refractivity contribution in [3.8, 4) is 12.3 Å². The Hall–Kier alpha value is -0.480. The molecule has 5 heteroatoms. The van der Waals surface area contributed by atoms with Gasteiger partial charge in [0.1, 0.15) is 0 Å². The molecule has 3 atom stereocenters. The van der Waals surface area contributed by atoms with Gasteiger partial charge in [0.15, 0.2) is 5.96 Å². The van der Waals surface area contributed by atoms with E-state index in [-0.39, 0.29) is 24.0 Å². The smallest absolute Gasteiger partial charge is 0.192 e. The summed E-state index contributed by atoms with van der Waals surface area (Å²) >= 11 is 0. The molecular formula is C11H18IN3O. The zero-order valence-corrected chi connectivity index (χ0v) is 11.7. The standard InChI is InChI=1S/C11H17N3O.HI/c1-3-6-13-11(12-2)14-9-7-8-4-5-10(9)15-8;/h1,8-10H,4-7H2,2H3,(H2,12,13,14);1H. The molecule has 0 saturated carbocycles. The van der Waals surface area contributed by atoms with Crippen LogP contribution in [-0.4, -0.2) is 37.8 Å². The second-order valence-electron chi connectivity index (χ2n) is 3.99. The Balaban J connectivity index is 0.00000128. The third kappa shape index (κ3) is 3.01. The third-order valence-electron chi connectivity index (χ3n) is 3.01. The molecule has 0 radical (unpaired) electrons. The molecule has 2 heterocycles. The Bertz CT molecular complexity index is 300. The number of fused-ring (bicyclic) bond motifs is 2. The molecule has 0 aliphatic carbocycles. The lowest BCUT2D eigenvalue weighted by Crippen LogP contribution is -2.47. The maximum Gasteiger partial charge on any atom is 0.192 e. The number of terminal acetylenes is 1. The molecule has 90 valence electrons. The first-order chi connectivity index (χ1) is 7.33. The monoisotopic (exact) mass is 335 g/mol. The van der Waals surface area contributed by atoms with Crippen LogP contribution in [0.2, 0.25) is 0 Å². The zero-order chi connectivity index (χ0) is 10.7. The maximum absolute atomic E-state index is 5.75. The molecule has 2 N–H and O–H groups in total. The van der Waals surface area contributed by atoms with Crippen molar-refractivity contribution in [2.45, 2.75) is 37.5 Å². The van der Waals surface area contributed by atoms with E-state index in [9.17, 15) is 0 Å². The third-order valence-corrected chi connectivity index (χ3v) is 3.01. The minimum Gasteiger partial charge on any atom is -0.373 e. The summed E-state index contributed by atoms with van der Waals surface area (Å²) in [6, 6.07) is 0.396. The lowest BCUT2D eigenvalue weighted by Gasteiger charge is -2.22. The first-order valence-electron chi connectivity index (χ1n) is 5.39. The van der Waals surface area contributed by atoms with Crippen molar-refractivity contribution < 1.29 is 4.74 Å². The Morgan fingerprint density at radius 2 is 2.38 bits per heavy atom. The minimum atomic E-state index is 0. The number of hydrogen-bond acceptors (Lipinski definition) is 2. The number of guanidine groups is 1. The van der Waals surface area contributed by atoms with Crippen LogP contribution in [0.4, 0.5) is 0 Å². The summed E-state index contributed by atoms with van der Waals surface area (Å²) in [6.07, 6.45) is 9.45. The highest BCUT2D eigenvalue weighted by molar-refractivity contribution is 14.0. The molecular weight excluding hydrogens is 317 g/mol. The number of rotatable bonds is 2. The maximum atomic E-state index is 5.75. The van der Waals surface area contributed by atoms with Gasteiger partial charge in [0.2, 0.25) is 0 Å². The van der Waals surface area contributed by atoms with Crippen molar-refractivity contribution in [1.82, 2.24) is 10.6 Å². The predicted molar refractivity (Wildman–Crippen MR) is 75.0 cm³/mol. The van der Waals surface area contributed by atoms with Crippen LogP contribution in [0, 0.1) is 12.3 Å². The minimum absolute atomic E-state index is 0. The normalized spacial score (nSPS) is 31.8. The fourth-order valence-electron chi connectivity index (χ4n) is 2.29. The molecule has 0 aromatic rings. The van der Waals surface area contributed by atoms with Gasteiger partial charge in [-0.1, -0.05) is 5.92 Å². The van der Waals surface area contributed by atoms with E-state index in [2.05, 4.69) is 21.5 Å². The molecule has 2 aliphatic rings. The summed E-state index contributed by atoms with van der Waals surface area (Å²) in [7, 11) is 1.75. The van der Waals surface area contributed by atoms with Gasteiger partial charge in [0.25, 0.3) is 0 Å². The van der Waals surface area contributed by atoms with E-state index >= 15 is 0 Å². The quantitative estimate of drug-likeness (QED) is 0.338. The lowest BCUT2D eigenvalue weighted by atomic mass is 9.96. The molecule has 2 rings (SSSR count). The van der Waals surface area contributed by atoms with Crippen LogP contribution in [-0.2, 0) is 4.74 Å². The number of nitrogens with zero attached hydrogens (tertiary/aromatic N) is 1. The Kier molecular flexibility index (Phi) is 5.35. The molecule has 0 aromatic heterocycles. The van der Waals surface area contributed by atoms with Gasteiger partial charge in [-0.3, -0.25) is 4.99 Å². The van der Waals surface area contributed by atoms with Crippen LogP contribution in [0.3, 0.4) is 0 Å². The zero-order valence-electron chi connectivity index (χ0n) is 9.40. The predicted octanol–water partition coefficient (Wildman–Crippen LogP) is 0.722. The second kappa shape index (κ2) is 6.30. The van der Waals surface area contributed by atoms with Crippen molar-refractivity contribution in [1.29, 1.82) is 0 Å². The molecule has 3 unspecified atom stereocenters. The summed E-state index contributed by atoms with van der Waals surface area (Å²) in [5, 5.41) is 6.40. The van der Waals surface area contributed by atoms with Crippen LogP contribution < -0.4 is 10.6 Å².